The normalized spacial score (nSPS) is 18.6. The van der Waals surface area contributed by atoms with Gasteiger partial charge in [0.1, 0.15) is 11.6 Å². The van der Waals surface area contributed by atoms with Gasteiger partial charge in [0, 0.05) is 31.7 Å². The maximum Gasteiger partial charge on any atom is 0.136 e. The van der Waals surface area contributed by atoms with E-state index in [0.29, 0.717) is 12.0 Å². The van der Waals surface area contributed by atoms with Crippen molar-refractivity contribution in [2.75, 3.05) is 25.1 Å². The van der Waals surface area contributed by atoms with Gasteiger partial charge in [0.05, 0.1) is 12.3 Å². The summed E-state index contributed by atoms with van der Waals surface area (Å²) in [4.78, 5) is 11.8. The Kier molecular flexibility index (Phi) is 4.05. The van der Waals surface area contributed by atoms with Crippen molar-refractivity contribution in [2.45, 2.75) is 53.1 Å². The van der Waals surface area contributed by atoms with Crippen molar-refractivity contribution in [3.8, 4) is 0 Å². The molecule has 0 N–H and O–H groups in total. The van der Waals surface area contributed by atoms with Crippen molar-refractivity contribution in [1.82, 2.24) is 9.97 Å². The van der Waals surface area contributed by atoms with E-state index in [-0.39, 0.29) is 5.41 Å². The fourth-order valence-electron chi connectivity index (χ4n) is 2.51. The first kappa shape index (κ1) is 15.2. The van der Waals surface area contributed by atoms with Crippen LogP contribution in [0.15, 0.2) is 6.07 Å². The van der Waals surface area contributed by atoms with Gasteiger partial charge in [-0.1, -0.05) is 34.6 Å². The van der Waals surface area contributed by atoms with Crippen molar-refractivity contribution in [3.63, 3.8) is 0 Å². The topological polar surface area (TPSA) is 38.2 Å². The van der Waals surface area contributed by atoms with E-state index in [0.717, 1.165) is 30.4 Å². The molecule has 0 bridgehead atoms. The summed E-state index contributed by atoms with van der Waals surface area (Å²) in [5, 5.41) is 0. The van der Waals surface area contributed by atoms with E-state index in [2.05, 4.69) is 50.6 Å². The molecular formula is C16H27N3O. The van der Waals surface area contributed by atoms with Crippen LogP contribution in [0.2, 0.25) is 0 Å². The number of hydrogen-bond acceptors (Lipinski definition) is 4. The zero-order valence-corrected chi connectivity index (χ0v) is 13.7. The molecule has 0 aromatic carbocycles. The van der Waals surface area contributed by atoms with Crippen molar-refractivity contribution in [1.29, 1.82) is 0 Å². The van der Waals surface area contributed by atoms with Gasteiger partial charge in [-0.05, 0) is 11.8 Å². The minimum absolute atomic E-state index is 0.0479. The molecule has 0 radical (unpaired) electrons. The van der Waals surface area contributed by atoms with Gasteiger partial charge in [-0.3, -0.25) is 0 Å². The predicted octanol–water partition coefficient (Wildman–Crippen LogP) is 3.16. The van der Waals surface area contributed by atoms with Gasteiger partial charge >= 0.3 is 0 Å². The van der Waals surface area contributed by atoms with Crippen molar-refractivity contribution in [2.24, 2.45) is 5.41 Å². The Morgan fingerprint density at radius 1 is 1.30 bits per heavy atom. The summed E-state index contributed by atoms with van der Waals surface area (Å²) in [6, 6.07) is 2.07. The van der Waals surface area contributed by atoms with Crippen LogP contribution in [0.1, 0.15) is 52.6 Å². The monoisotopic (exact) mass is 277 g/mol. The molecule has 0 saturated carbocycles. The SMILES string of the molecule is COCc1cc(N2CCC(C)(C)C2)nc(C(C)(C)C)n1. The molecule has 0 amide bonds. The molecule has 1 saturated heterocycles. The minimum atomic E-state index is -0.0479. The zero-order valence-electron chi connectivity index (χ0n) is 13.7. The lowest BCUT2D eigenvalue weighted by Crippen LogP contribution is -2.26. The minimum Gasteiger partial charge on any atom is -0.378 e. The number of nitrogens with zero attached hydrogens (tertiary/aromatic N) is 3. The van der Waals surface area contributed by atoms with Crippen LogP contribution in [-0.2, 0) is 16.8 Å². The van der Waals surface area contributed by atoms with Crippen LogP contribution in [0.4, 0.5) is 5.82 Å². The first-order valence-corrected chi connectivity index (χ1v) is 7.34. The molecule has 0 spiro atoms. The van der Waals surface area contributed by atoms with E-state index in [1.807, 2.05) is 0 Å². The van der Waals surface area contributed by atoms with Gasteiger partial charge in [-0.2, -0.15) is 0 Å². The highest BCUT2D eigenvalue weighted by Gasteiger charge is 2.31. The lowest BCUT2D eigenvalue weighted by molar-refractivity contribution is 0.181. The smallest absolute Gasteiger partial charge is 0.136 e. The lowest BCUT2D eigenvalue weighted by atomic mass is 9.93. The Hall–Kier alpha value is -1.16. The van der Waals surface area contributed by atoms with E-state index >= 15 is 0 Å². The van der Waals surface area contributed by atoms with Crippen LogP contribution in [0.5, 0.6) is 0 Å². The lowest BCUT2D eigenvalue weighted by Gasteiger charge is -2.24. The van der Waals surface area contributed by atoms with Gasteiger partial charge in [0.15, 0.2) is 0 Å². The molecule has 2 rings (SSSR count). The Bertz CT molecular complexity index is 477. The molecule has 0 atom stereocenters. The molecule has 1 aromatic rings. The van der Waals surface area contributed by atoms with Gasteiger partial charge in [0.25, 0.3) is 0 Å². The first-order chi connectivity index (χ1) is 9.21. The summed E-state index contributed by atoms with van der Waals surface area (Å²) >= 11 is 0. The number of methoxy groups -OCH3 is 1. The molecule has 4 heteroatoms. The number of anilines is 1. The van der Waals surface area contributed by atoms with Gasteiger partial charge in [0.2, 0.25) is 0 Å². The van der Waals surface area contributed by atoms with Crippen LogP contribution in [0.25, 0.3) is 0 Å². The molecule has 1 fully saturated rings. The fraction of sp³-hybridized carbons (Fsp3) is 0.750. The summed E-state index contributed by atoms with van der Waals surface area (Å²) in [5.74, 6) is 1.94. The fourth-order valence-corrected chi connectivity index (χ4v) is 2.51. The van der Waals surface area contributed by atoms with Gasteiger partial charge in [-0.25, -0.2) is 9.97 Å². The first-order valence-electron chi connectivity index (χ1n) is 7.34. The Balaban J connectivity index is 2.35. The second-order valence-electron chi connectivity index (χ2n) is 7.56. The van der Waals surface area contributed by atoms with Crippen LogP contribution >= 0.6 is 0 Å². The van der Waals surface area contributed by atoms with Crippen molar-refractivity contribution < 1.29 is 4.74 Å². The summed E-state index contributed by atoms with van der Waals surface area (Å²) in [7, 11) is 1.71. The summed E-state index contributed by atoms with van der Waals surface area (Å²) < 4.78 is 5.25. The maximum absolute atomic E-state index is 5.25. The quantitative estimate of drug-likeness (QED) is 0.850. The standard InChI is InChI=1S/C16H27N3O/c1-15(2,3)14-17-12(10-20-6)9-13(18-14)19-8-7-16(4,5)11-19/h9H,7-8,10-11H2,1-6H3. The molecule has 2 heterocycles. The molecule has 4 nitrogen and oxygen atoms in total. The summed E-state index contributed by atoms with van der Waals surface area (Å²) in [5.41, 5.74) is 1.29. The number of aromatic nitrogens is 2. The van der Waals surface area contributed by atoms with Gasteiger partial charge < -0.3 is 9.64 Å². The molecule has 1 aliphatic heterocycles. The highest BCUT2D eigenvalue weighted by Crippen LogP contribution is 2.32. The molecule has 1 aliphatic rings. The third kappa shape index (κ3) is 3.48. The Labute approximate surface area is 122 Å². The third-order valence-corrected chi connectivity index (χ3v) is 3.73. The van der Waals surface area contributed by atoms with Crippen LogP contribution in [0.3, 0.4) is 0 Å². The molecule has 112 valence electrons. The number of ether oxygens (including phenoxy) is 1. The predicted molar refractivity (Wildman–Crippen MR) is 82.1 cm³/mol. The summed E-state index contributed by atoms with van der Waals surface area (Å²) in [6.45, 7) is 13.7. The Morgan fingerprint density at radius 2 is 2.00 bits per heavy atom. The largest absolute Gasteiger partial charge is 0.378 e. The average molecular weight is 277 g/mol. The van der Waals surface area contributed by atoms with Gasteiger partial charge in [-0.15, -0.1) is 0 Å². The van der Waals surface area contributed by atoms with Crippen LogP contribution in [-0.4, -0.2) is 30.2 Å². The molecule has 1 aromatic heterocycles. The van der Waals surface area contributed by atoms with Crippen molar-refractivity contribution in [3.05, 3.63) is 17.6 Å². The van der Waals surface area contributed by atoms with E-state index in [1.165, 1.54) is 6.42 Å². The van der Waals surface area contributed by atoms with E-state index in [1.54, 1.807) is 7.11 Å². The van der Waals surface area contributed by atoms with E-state index < -0.39 is 0 Å². The molecule has 0 aliphatic carbocycles. The highest BCUT2D eigenvalue weighted by molar-refractivity contribution is 5.42. The zero-order chi connectivity index (χ0) is 15.0. The maximum atomic E-state index is 5.25. The van der Waals surface area contributed by atoms with E-state index in [9.17, 15) is 0 Å². The molecular weight excluding hydrogens is 250 g/mol. The summed E-state index contributed by atoms with van der Waals surface area (Å²) in [6.07, 6.45) is 1.21. The second-order valence-corrected chi connectivity index (χ2v) is 7.56. The average Bonchev–Trinajstić information content (AvgIpc) is 2.69. The second kappa shape index (κ2) is 5.32. The third-order valence-electron chi connectivity index (χ3n) is 3.73. The molecule has 20 heavy (non-hydrogen) atoms. The number of hydrogen-bond donors (Lipinski definition) is 0. The number of rotatable bonds is 3. The highest BCUT2D eigenvalue weighted by atomic mass is 16.5. The van der Waals surface area contributed by atoms with Crippen LogP contribution < -0.4 is 4.90 Å². The van der Waals surface area contributed by atoms with Crippen molar-refractivity contribution >= 4 is 5.82 Å². The van der Waals surface area contributed by atoms with E-state index in [4.69, 9.17) is 9.72 Å². The van der Waals surface area contributed by atoms with Crippen LogP contribution in [0, 0.1) is 5.41 Å². The Morgan fingerprint density at radius 3 is 2.50 bits per heavy atom. The molecule has 0 unspecified atom stereocenters.